The van der Waals surface area contributed by atoms with Gasteiger partial charge in [-0.25, -0.2) is 9.97 Å². The highest BCUT2D eigenvalue weighted by Crippen LogP contribution is 2.34. The third kappa shape index (κ3) is 2.92. The molecule has 2 N–H and O–H groups in total. The van der Waals surface area contributed by atoms with E-state index < -0.39 is 0 Å². The van der Waals surface area contributed by atoms with Gasteiger partial charge in [-0.3, -0.25) is 0 Å². The van der Waals surface area contributed by atoms with Crippen molar-refractivity contribution < 1.29 is 0 Å². The Morgan fingerprint density at radius 2 is 2.11 bits per heavy atom. The second kappa shape index (κ2) is 5.55. The zero-order valence-corrected chi connectivity index (χ0v) is 11.7. The average molecular weight is 248 g/mol. The Balaban J connectivity index is 2.29. The highest BCUT2D eigenvalue weighted by molar-refractivity contribution is 5.58. The van der Waals surface area contributed by atoms with Crippen LogP contribution in [0.4, 0.5) is 11.6 Å². The first-order chi connectivity index (χ1) is 8.63. The number of rotatable bonds is 6. The maximum atomic E-state index is 6.02. The van der Waals surface area contributed by atoms with Gasteiger partial charge in [-0.2, -0.15) is 0 Å². The van der Waals surface area contributed by atoms with E-state index in [4.69, 9.17) is 5.73 Å². The van der Waals surface area contributed by atoms with Gasteiger partial charge < -0.3 is 10.6 Å². The van der Waals surface area contributed by atoms with E-state index in [2.05, 4.69) is 35.6 Å². The molecule has 0 radical (unpaired) electrons. The summed E-state index contributed by atoms with van der Waals surface area (Å²) in [5.74, 6) is 2.89. The summed E-state index contributed by atoms with van der Waals surface area (Å²) in [6.45, 7) is 8.68. The minimum absolute atomic E-state index is 0.361. The fraction of sp³-hybridized carbons (Fsp3) is 0.714. The summed E-state index contributed by atoms with van der Waals surface area (Å²) in [6, 6.07) is 0. The topological polar surface area (TPSA) is 55.0 Å². The molecular formula is C14H24N4. The van der Waals surface area contributed by atoms with Crippen molar-refractivity contribution >= 4 is 11.6 Å². The smallest absolute Gasteiger partial charge is 0.137 e. The van der Waals surface area contributed by atoms with Gasteiger partial charge in [0.1, 0.15) is 18.0 Å². The van der Waals surface area contributed by atoms with Crippen LogP contribution in [0.15, 0.2) is 6.33 Å². The summed E-state index contributed by atoms with van der Waals surface area (Å²) in [7, 11) is 0. The highest BCUT2D eigenvalue weighted by Gasteiger charge is 2.26. The minimum Gasteiger partial charge on any atom is -0.383 e. The van der Waals surface area contributed by atoms with Gasteiger partial charge in [-0.05, 0) is 31.1 Å². The van der Waals surface area contributed by atoms with Gasteiger partial charge in [-0.15, -0.1) is 0 Å². The van der Waals surface area contributed by atoms with Crippen molar-refractivity contribution in [2.45, 2.75) is 46.0 Å². The highest BCUT2D eigenvalue weighted by atomic mass is 15.2. The molecule has 1 fully saturated rings. The molecule has 0 aliphatic heterocycles. The summed E-state index contributed by atoms with van der Waals surface area (Å²) in [4.78, 5) is 11.0. The van der Waals surface area contributed by atoms with Crippen molar-refractivity contribution in [3.05, 3.63) is 11.9 Å². The van der Waals surface area contributed by atoms with Crippen LogP contribution in [0.1, 0.15) is 51.5 Å². The fourth-order valence-corrected chi connectivity index (χ4v) is 2.37. The van der Waals surface area contributed by atoms with Crippen molar-refractivity contribution in [1.29, 1.82) is 0 Å². The van der Waals surface area contributed by atoms with E-state index in [9.17, 15) is 0 Å². The van der Waals surface area contributed by atoms with E-state index in [1.807, 2.05) is 0 Å². The summed E-state index contributed by atoms with van der Waals surface area (Å²) in [5.41, 5.74) is 7.13. The Labute approximate surface area is 110 Å². The first-order valence-electron chi connectivity index (χ1n) is 6.98. The number of hydrogen-bond acceptors (Lipinski definition) is 4. The molecule has 1 aromatic rings. The molecule has 1 aromatic heterocycles. The fourth-order valence-electron chi connectivity index (χ4n) is 2.37. The summed E-state index contributed by atoms with van der Waals surface area (Å²) in [6.07, 6.45) is 5.44. The summed E-state index contributed by atoms with van der Waals surface area (Å²) in [5, 5.41) is 0. The monoisotopic (exact) mass is 248 g/mol. The largest absolute Gasteiger partial charge is 0.383 e. The third-order valence-electron chi connectivity index (χ3n) is 3.44. The number of anilines is 2. The van der Waals surface area contributed by atoms with Crippen molar-refractivity contribution in [2.24, 2.45) is 5.92 Å². The molecule has 1 aliphatic rings. The molecule has 0 saturated heterocycles. The lowest BCUT2D eigenvalue weighted by molar-refractivity contribution is 0.687. The van der Waals surface area contributed by atoms with Gasteiger partial charge in [0.15, 0.2) is 0 Å². The van der Waals surface area contributed by atoms with Gasteiger partial charge in [0.25, 0.3) is 0 Å². The SMILES string of the molecule is CCCN(CC1CC1)c1ncnc(N)c1C(C)C. The molecule has 0 aromatic carbocycles. The van der Waals surface area contributed by atoms with Crippen LogP contribution in [0, 0.1) is 5.92 Å². The molecule has 18 heavy (non-hydrogen) atoms. The molecule has 100 valence electrons. The van der Waals surface area contributed by atoms with Crippen LogP contribution in [0.3, 0.4) is 0 Å². The molecule has 0 atom stereocenters. The predicted octanol–water partition coefficient (Wildman–Crippen LogP) is 2.81. The van der Waals surface area contributed by atoms with Crippen LogP contribution in [0.25, 0.3) is 0 Å². The maximum Gasteiger partial charge on any atom is 0.137 e. The van der Waals surface area contributed by atoms with Crippen LogP contribution in [-0.4, -0.2) is 23.1 Å². The van der Waals surface area contributed by atoms with Crippen molar-refractivity contribution in [3.8, 4) is 0 Å². The lowest BCUT2D eigenvalue weighted by Crippen LogP contribution is -2.29. The Bertz CT molecular complexity index is 399. The molecule has 0 unspecified atom stereocenters. The number of aromatic nitrogens is 2. The number of nitrogen functional groups attached to an aromatic ring is 1. The van der Waals surface area contributed by atoms with E-state index in [0.29, 0.717) is 11.7 Å². The normalized spacial score (nSPS) is 15.1. The first kappa shape index (κ1) is 13.1. The van der Waals surface area contributed by atoms with Crippen LogP contribution < -0.4 is 10.6 Å². The predicted molar refractivity (Wildman–Crippen MR) is 75.8 cm³/mol. The first-order valence-corrected chi connectivity index (χ1v) is 6.98. The number of nitrogens with zero attached hydrogens (tertiary/aromatic N) is 3. The van der Waals surface area contributed by atoms with E-state index in [1.165, 1.54) is 12.8 Å². The molecule has 1 aliphatic carbocycles. The van der Waals surface area contributed by atoms with Gasteiger partial charge in [0.05, 0.1) is 0 Å². The summed E-state index contributed by atoms with van der Waals surface area (Å²) < 4.78 is 0. The Kier molecular flexibility index (Phi) is 4.04. The molecule has 0 bridgehead atoms. The van der Waals surface area contributed by atoms with Gasteiger partial charge in [0, 0.05) is 18.7 Å². The van der Waals surface area contributed by atoms with Crippen molar-refractivity contribution in [1.82, 2.24) is 9.97 Å². The molecule has 0 spiro atoms. The lowest BCUT2D eigenvalue weighted by atomic mass is 10.0. The standard InChI is InChI=1S/C14H24N4/c1-4-7-18(8-11-5-6-11)14-12(10(2)3)13(15)16-9-17-14/h9-11H,4-8H2,1-3H3,(H2,15,16,17). The van der Waals surface area contributed by atoms with E-state index in [0.717, 1.165) is 36.8 Å². The average Bonchev–Trinajstić information content (AvgIpc) is 3.11. The Morgan fingerprint density at radius 3 is 2.67 bits per heavy atom. The van der Waals surface area contributed by atoms with Crippen LogP contribution >= 0.6 is 0 Å². The van der Waals surface area contributed by atoms with Gasteiger partial charge >= 0.3 is 0 Å². The molecule has 2 rings (SSSR count). The summed E-state index contributed by atoms with van der Waals surface area (Å²) >= 11 is 0. The van der Waals surface area contributed by atoms with E-state index in [-0.39, 0.29) is 0 Å². The molecule has 4 heteroatoms. The van der Waals surface area contributed by atoms with E-state index >= 15 is 0 Å². The van der Waals surface area contributed by atoms with Crippen LogP contribution in [0.2, 0.25) is 0 Å². The van der Waals surface area contributed by atoms with Crippen molar-refractivity contribution in [2.75, 3.05) is 23.7 Å². The Hall–Kier alpha value is -1.32. The second-order valence-corrected chi connectivity index (χ2v) is 5.54. The third-order valence-corrected chi connectivity index (χ3v) is 3.44. The van der Waals surface area contributed by atoms with Gasteiger partial charge in [-0.1, -0.05) is 20.8 Å². The minimum atomic E-state index is 0.361. The molecule has 0 amide bonds. The van der Waals surface area contributed by atoms with E-state index in [1.54, 1.807) is 6.33 Å². The van der Waals surface area contributed by atoms with Gasteiger partial charge in [0.2, 0.25) is 0 Å². The molecule has 1 heterocycles. The number of hydrogen-bond donors (Lipinski definition) is 1. The number of nitrogens with two attached hydrogens (primary N) is 1. The van der Waals surface area contributed by atoms with Crippen molar-refractivity contribution in [3.63, 3.8) is 0 Å². The molecule has 1 saturated carbocycles. The molecular weight excluding hydrogens is 224 g/mol. The second-order valence-electron chi connectivity index (χ2n) is 5.54. The van der Waals surface area contributed by atoms with Crippen LogP contribution in [-0.2, 0) is 0 Å². The maximum absolute atomic E-state index is 6.02. The lowest BCUT2D eigenvalue weighted by Gasteiger charge is -2.27. The molecule has 4 nitrogen and oxygen atoms in total. The van der Waals surface area contributed by atoms with Crippen LogP contribution in [0.5, 0.6) is 0 Å². The quantitative estimate of drug-likeness (QED) is 0.841. The zero-order valence-electron chi connectivity index (χ0n) is 11.7. The zero-order chi connectivity index (χ0) is 13.1. The Morgan fingerprint density at radius 1 is 1.39 bits per heavy atom.